The zero-order chi connectivity index (χ0) is 17.9. The number of fused-ring (bicyclic) bond motifs is 2. The number of hydrogen-bond acceptors (Lipinski definition) is 5. The van der Waals surface area contributed by atoms with Crippen LogP contribution in [0.1, 0.15) is 48.9 Å². The summed E-state index contributed by atoms with van der Waals surface area (Å²) >= 11 is 0. The van der Waals surface area contributed by atoms with Gasteiger partial charge in [-0.3, -0.25) is 4.79 Å². The third-order valence-corrected chi connectivity index (χ3v) is 5.67. The van der Waals surface area contributed by atoms with Gasteiger partial charge in [0.1, 0.15) is 13.2 Å². The second kappa shape index (κ2) is 7.56. The van der Waals surface area contributed by atoms with Crippen molar-refractivity contribution in [3.05, 3.63) is 23.8 Å². The van der Waals surface area contributed by atoms with Crippen molar-refractivity contribution >= 4 is 11.9 Å². The van der Waals surface area contributed by atoms with E-state index in [0.717, 1.165) is 19.4 Å². The van der Waals surface area contributed by atoms with E-state index in [9.17, 15) is 9.59 Å². The van der Waals surface area contributed by atoms with Gasteiger partial charge >= 0.3 is 5.97 Å². The van der Waals surface area contributed by atoms with Crippen LogP contribution in [0.3, 0.4) is 0 Å². The zero-order valence-electron chi connectivity index (χ0n) is 14.9. The smallest absolute Gasteiger partial charge is 0.338 e. The average Bonchev–Trinajstić information content (AvgIpc) is 2.71. The van der Waals surface area contributed by atoms with Crippen LogP contribution in [0.4, 0.5) is 0 Å². The van der Waals surface area contributed by atoms with E-state index in [4.69, 9.17) is 14.2 Å². The summed E-state index contributed by atoms with van der Waals surface area (Å²) in [5.41, 5.74) is 0.372. The molecule has 1 saturated heterocycles. The largest absolute Gasteiger partial charge is 0.486 e. The van der Waals surface area contributed by atoms with Crippen molar-refractivity contribution in [3.8, 4) is 11.5 Å². The Hall–Kier alpha value is -2.24. The molecule has 0 unspecified atom stereocenters. The third kappa shape index (κ3) is 3.50. The molecule has 0 bridgehead atoms. The molecule has 2 heterocycles. The van der Waals surface area contributed by atoms with Crippen LogP contribution in [-0.2, 0) is 9.53 Å². The maximum atomic E-state index is 12.6. The molecule has 1 amide bonds. The summed E-state index contributed by atoms with van der Waals surface area (Å²) in [5.74, 6) is 1.20. The Balaban J connectivity index is 1.35. The standard InChI is InChI=1S/C20H25NO5/c22-19(21-9-3-5-14-4-1-2-6-16(14)21)13-26-20(23)15-7-8-17-18(12-15)25-11-10-24-17/h7-8,12,14,16H,1-6,9-11,13H2/t14-,16-/m1/s1. The van der Waals surface area contributed by atoms with Crippen molar-refractivity contribution in [3.63, 3.8) is 0 Å². The Kier molecular flexibility index (Phi) is 5.00. The van der Waals surface area contributed by atoms with E-state index in [1.807, 2.05) is 4.90 Å². The van der Waals surface area contributed by atoms with Gasteiger partial charge in [0.15, 0.2) is 18.1 Å². The van der Waals surface area contributed by atoms with Crippen molar-refractivity contribution in [1.29, 1.82) is 0 Å². The Morgan fingerprint density at radius 1 is 1.04 bits per heavy atom. The van der Waals surface area contributed by atoms with E-state index < -0.39 is 5.97 Å². The maximum Gasteiger partial charge on any atom is 0.338 e. The highest BCUT2D eigenvalue weighted by Gasteiger charge is 2.35. The molecule has 3 aliphatic rings. The van der Waals surface area contributed by atoms with Crippen LogP contribution in [0.2, 0.25) is 0 Å². The van der Waals surface area contributed by atoms with E-state index >= 15 is 0 Å². The molecule has 26 heavy (non-hydrogen) atoms. The lowest BCUT2D eigenvalue weighted by atomic mass is 9.78. The fourth-order valence-electron chi connectivity index (χ4n) is 4.40. The van der Waals surface area contributed by atoms with Gasteiger partial charge in [-0.25, -0.2) is 4.79 Å². The number of carbonyl (C=O) groups is 2. The summed E-state index contributed by atoms with van der Waals surface area (Å²) in [5, 5.41) is 0. The van der Waals surface area contributed by atoms with Gasteiger partial charge < -0.3 is 19.1 Å². The quantitative estimate of drug-likeness (QED) is 0.777. The van der Waals surface area contributed by atoms with Crippen molar-refractivity contribution in [2.75, 3.05) is 26.4 Å². The van der Waals surface area contributed by atoms with Gasteiger partial charge in [0.25, 0.3) is 5.91 Å². The number of esters is 1. The Bertz CT molecular complexity index is 687. The van der Waals surface area contributed by atoms with Crippen molar-refractivity contribution in [2.24, 2.45) is 5.92 Å². The number of ether oxygens (including phenoxy) is 3. The molecule has 1 saturated carbocycles. The summed E-state index contributed by atoms with van der Waals surface area (Å²) < 4.78 is 16.2. The summed E-state index contributed by atoms with van der Waals surface area (Å²) in [6.45, 7) is 1.54. The fraction of sp³-hybridized carbons (Fsp3) is 0.600. The Morgan fingerprint density at radius 2 is 1.81 bits per heavy atom. The molecule has 1 aromatic carbocycles. The van der Waals surface area contributed by atoms with Crippen LogP contribution in [0, 0.1) is 5.92 Å². The first kappa shape index (κ1) is 17.2. The van der Waals surface area contributed by atoms with Gasteiger partial charge in [-0.2, -0.15) is 0 Å². The minimum Gasteiger partial charge on any atom is -0.486 e. The SMILES string of the molecule is O=C(OCC(=O)N1CCC[C@H]2CCCC[C@H]21)c1ccc2c(c1)OCCO2. The van der Waals surface area contributed by atoms with Crippen LogP contribution in [0.5, 0.6) is 11.5 Å². The number of piperidine rings is 1. The first-order chi connectivity index (χ1) is 12.7. The molecule has 2 atom stereocenters. The molecule has 2 fully saturated rings. The molecule has 6 heteroatoms. The highest BCUT2D eigenvalue weighted by Crippen LogP contribution is 2.35. The van der Waals surface area contributed by atoms with Gasteiger partial charge in [0.2, 0.25) is 0 Å². The summed E-state index contributed by atoms with van der Waals surface area (Å²) in [7, 11) is 0. The average molecular weight is 359 g/mol. The Labute approximate surface area is 153 Å². The maximum absolute atomic E-state index is 12.6. The normalized spacial score (nSPS) is 24.5. The van der Waals surface area contributed by atoms with Gasteiger partial charge in [0.05, 0.1) is 5.56 Å². The monoisotopic (exact) mass is 359 g/mol. The lowest BCUT2D eigenvalue weighted by molar-refractivity contribution is -0.140. The summed E-state index contributed by atoms with van der Waals surface area (Å²) in [6.07, 6.45) is 7.00. The lowest BCUT2D eigenvalue weighted by Crippen LogP contribution is -2.50. The van der Waals surface area contributed by atoms with Gasteiger partial charge in [-0.1, -0.05) is 12.8 Å². The number of nitrogens with zero attached hydrogens (tertiary/aromatic N) is 1. The van der Waals surface area contributed by atoms with Crippen LogP contribution < -0.4 is 9.47 Å². The fourth-order valence-corrected chi connectivity index (χ4v) is 4.40. The third-order valence-electron chi connectivity index (χ3n) is 5.67. The van der Waals surface area contributed by atoms with Crippen molar-refractivity contribution in [1.82, 2.24) is 4.90 Å². The molecule has 0 N–H and O–H groups in total. The van der Waals surface area contributed by atoms with E-state index in [1.165, 1.54) is 25.7 Å². The molecular weight excluding hydrogens is 334 g/mol. The molecule has 0 aromatic heterocycles. The van der Waals surface area contributed by atoms with Gasteiger partial charge in [0, 0.05) is 12.6 Å². The molecule has 1 aromatic rings. The lowest BCUT2D eigenvalue weighted by Gasteiger charge is -2.44. The number of benzene rings is 1. The highest BCUT2D eigenvalue weighted by molar-refractivity contribution is 5.92. The van der Waals surface area contributed by atoms with Crippen molar-refractivity contribution in [2.45, 2.75) is 44.6 Å². The molecule has 6 nitrogen and oxygen atoms in total. The molecule has 1 aliphatic carbocycles. The minimum atomic E-state index is -0.507. The molecular formula is C20H25NO5. The summed E-state index contributed by atoms with van der Waals surface area (Å²) in [6, 6.07) is 5.28. The minimum absolute atomic E-state index is 0.0764. The van der Waals surface area contributed by atoms with E-state index in [0.29, 0.717) is 42.2 Å². The van der Waals surface area contributed by atoms with E-state index in [2.05, 4.69) is 0 Å². The predicted octanol–water partition coefficient (Wildman–Crippen LogP) is 2.80. The molecule has 4 rings (SSSR count). The van der Waals surface area contributed by atoms with Gasteiger partial charge in [-0.05, 0) is 49.8 Å². The van der Waals surface area contributed by atoms with Gasteiger partial charge in [-0.15, -0.1) is 0 Å². The molecule has 0 spiro atoms. The second-order valence-corrected chi connectivity index (χ2v) is 7.28. The second-order valence-electron chi connectivity index (χ2n) is 7.28. The molecule has 0 radical (unpaired) electrons. The number of carbonyl (C=O) groups excluding carboxylic acids is 2. The van der Waals surface area contributed by atoms with Crippen LogP contribution in [-0.4, -0.2) is 49.2 Å². The number of amides is 1. The van der Waals surface area contributed by atoms with Crippen LogP contribution >= 0.6 is 0 Å². The zero-order valence-corrected chi connectivity index (χ0v) is 14.9. The predicted molar refractivity (Wildman–Crippen MR) is 94.4 cm³/mol. The Morgan fingerprint density at radius 3 is 2.69 bits per heavy atom. The van der Waals surface area contributed by atoms with Crippen LogP contribution in [0.25, 0.3) is 0 Å². The first-order valence-electron chi connectivity index (χ1n) is 9.58. The van der Waals surface area contributed by atoms with Crippen LogP contribution in [0.15, 0.2) is 18.2 Å². The molecule has 2 aliphatic heterocycles. The van der Waals surface area contributed by atoms with E-state index in [-0.39, 0.29) is 12.5 Å². The number of likely N-dealkylation sites (tertiary alicyclic amines) is 1. The topological polar surface area (TPSA) is 65.1 Å². The van der Waals surface area contributed by atoms with E-state index in [1.54, 1.807) is 18.2 Å². The number of rotatable bonds is 3. The number of hydrogen-bond donors (Lipinski definition) is 0. The molecule has 140 valence electrons. The van der Waals surface area contributed by atoms with Crippen molar-refractivity contribution < 1.29 is 23.8 Å². The highest BCUT2D eigenvalue weighted by atomic mass is 16.6. The first-order valence-corrected chi connectivity index (χ1v) is 9.58. The summed E-state index contributed by atoms with van der Waals surface area (Å²) in [4.78, 5) is 26.9.